The number of carboxylic acid groups (broad SMARTS) is 1. The Bertz CT molecular complexity index is 420. The van der Waals surface area contributed by atoms with Crippen molar-refractivity contribution in [1.82, 2.24) is 0 Å². The van der Waals surface area contributed by atoms with Crippen LogP contribution in [0.15, 0.2) is 29.3 Å². The van der Waals surface area contributed by atoms with Crippen molar-refractivity contribution in [2.24, 2.45) is 0 Å². The molecule has 0 bridgehead atoms. The molecule has 0 radical (unpaired) electrons. The molecule has 0 unspecified atom stereocenters. The molecule has 1 N–H and O–H groups in total. The van der Waals surface area contributed by atoms with Crippen LogP contribution >= 0.6 is 15.9 Å². The summed E-state index contributed by atoms with van der Waals surface area (Å²) in [6.07, 6.45) is 0.191. The van der Waals surface area contributed by atoms with Crippen LogP contribution in [0, 0.1) is 0 Å². The number of aliphatic carboxylic acids is 1. The zero-order valence-corrected chi connectivity index (χ0v) is 10.6. The van der Waals surface area contributed by atoms with E-state index in [2.05, 4.69) is 22.5 Å². The first-order valence-corrected chi connectivity index (χ1v) is 5.75. The summed E-state index contributed by atoms with van der Waals surface area (Å²) >= 11 is 3.28. The minimum Gasteiger partial charge on any atom is -0.479 e. The molecule has 3 nitrogen and oxygen atoms in total. The summed E-state index contributed by atoms with van der Waals surface area (Å²) in [5.41, 5.74) is 0.657. The quantitative estimate of drug-likeness (QED) is 0.877. The van der Waals surface area contributed by atoms with Gasteiger partial charge in [0.15, 0.2) is 6.10 Å². The Morgan fingerprint density at radius 3 is 2.88 bits per heavy atom. The van der Waals surface area contributed by atoms with Crippen LogP contribution in [0.25, 0.3) is 6.08 Å². The molecule has 92 valence electrons. The van der Waals surface area contributed by atoms with Gasteiger partial charge in [0, 0.05) is 16.5 Å². The van der Waals surface area contributed by atoms with Crippen molar-refractivity contribution >= 4 is 28.0 Å². The highest BCUT2D eigenvalue weighted by molar-refractivity contribution is 9.10. The van der Waals surface area contributed by atoms with Crippen LogP contribution in [-0.4, -0.2) is 23.9 Å². The van der Waals surface area contributed by atoms with Crippen molar-refractivity contribution in [3.63, 3.8) is 0 Å². The molecule has 0 aliphatic heterocycles. The molecule has 1 rings (SSSR count). The van der Waals surface area contributed by atoms with Crippen molar-refractivity contribution in [3.05, 3.63) is 34.8 Å². The van der Waals surface area contributed by atoms with Crippen molar-refractivity contribution < 1.29 is 19.0 Å². The Kier molecular flexibility index (Phi) is 5.15. The minimum atomic E-state index is -1.18. The molecule has 1 atom stereocenters. The van der Waals surface area contributed by atoms with Gasteiger partial charge in [0.2, 0.25) is 0 Å². The molecule has 0 heterocycles. The van der Waals surface area contributed by atoms with Gasteiger partial charge >= 0.3 is 5.97 Å². The SMILES string of the molecule is C=Cc1cc(Br)ccc1O[C@@H](CCF)C(=O)O. The molecule has 0 aliphatic rings. The molecule has 0 fully saturated rings. The molecule has 0 aliphatic carbocycles. The summed E-state index contributed by atoms with van der Waals surface area (Å²) in [6.45, 7) is 2.87. The van der Waals surface area contributed by atoms with E-state index in [0.29, 0.717) is 11.3 Å². The fraction of sp³-hybridized carbons (Fsp3) is 0.250. The topological polar surface area (TPSA) is 46.5 Å². The Morgan fingerprint density at radius 1 is 1.65 bits per heavy atom. The standard InChI is InChI=1S/C12H12BrFO3/c1-2-8-7-9(13)3-4-10(8)17-11(5-6-14)12(15)16/h2-4,7,11H,1,5-6H2,(H,15,16)/t11-/m0/s1. The number of carbonyl (C=O) groups is 1. The normalized spacial score (nSPS) is 11.9. The van der Waals surface area contributed by atoms with Gasteiger partial charge in [-0.05, 0) is 18.2 Å². The average Bonchev–Trinajstić information content (AvgIpc) is 2.30. The number of rotatable bonds is 6. The van der Waals surface area contributed by atoms with Crippen molar-refractivity contribution in [2.45, 2.75) is 12.5 Å². The number of carboxylic acids is 1. The highest BCUT2D eigenvalue weighted by Crippen LogP contribution is 2.25. The first kappa shape index (κ1) is 13.7. The van der Waals surface area contributed by atoms with E-state index in [4.69, 9.17) is 9.84 Å². The number of hydrogen-bond acceptors (Lipinski definition) is 2. The van der Waals surface area contributed by atoms with E-state index in [-0.39, 0.29) is 6.42 Å². The van der Waals surface area contributed by atoms with Gasteiger partial charge in [-0.15, -0.1) is 0 Å². The van der Waals surface area contributed by atoms with E-state index in [1.54, 1.807) is 24.3 Å². The predicted octanol–water partition coefficient (Wildman–Crippen LogP) is 3.28. The highest BCUT2D eigenvalue weighted by Gasteiger charge is 2.20. The minimum absolute atomic E-state index is 0.179. The van der Waals surface area contributed by atoms with Crippen LogP contribution in [0.1, 0.15) is 12.0 Å². The summed E-state index contributed by atoms with van der Waals surface area (Å²) < 4.78 is 18.3. The van der Waals surface area contributed by atoms with E-state index >= 15 is 0 Å². The second-order valence-electron chi connectivity index (χ2n) is 3.31. The lowest BCUT2D eigenvalue weighted by atomic mass is 10.2. The van der Waals surface area contributed by atoms with Crippen LogP contribution < -0.4 is 4.74 Å². The number of alkyl halides is 1. The van der Waals surface area contributed by atoms with E-state index < -0.39 is 18.7 Å². The first-order chi connectivity index (χ1) is 8.08. The summed E-state index contributed by atoms with van der Waals surface area (Å²) in [6, 6.07) is 5.09. The largest absolute Gasteiger partial charge is 0.479 e. The van der Waals surface area contributed by atoms with Gasteiger partial charge < -0.3 is 9.84 Å². The molecule has 0 spiro atoms. The summed E-state index contributed by atoms with van der Waals surface area (Å²) in [4.78, 5) is 10.8. The predicted molar refractivity (Wildman–Crippen MR) is 66.9 cm³/mol. The third-order valence-electron chi connectivity index (χ3n) is 2.11. The fourth-order valence-electron chi connectivity index (χ4n) is 1.27. The molecular weight excluding hydrogens is 291 g/mol. The zero-order valence-electron chi connectivity index (χ0n) is 9.03. The van der Waals surface area contributed by atoms with Crippen molar-refractivity contribution in [2.75, 3.05) is 6.67 Å². The number of hydrogen-bond donors (Lipinski definition) is 1. The maximum atomic E-state index is 12.2. The van der Waals surface area contributed by atoms with Gasteiger partial charge in [0.1, 0.15) is 5.75 Å². The number of ether oxygens (including phenoxy) is 1. The van der Waals surface area contributed by atoms with Gasteiger partial charge in [-0.2, -0.15) is 0 Å². The van der Waals surface area contributed by atoms with Gasteiger partial charge in [0.25, 0.3) is 0 Å². The second-order valence-corrected chi connectivity index (χ2v) is 4.22. The Balaban J connectivity index is 2.92. The summed E-state index contributed by atoms with van der Waals surface area (Å²) in [7, 11) is 0. The average molecular weight is 303 g/mol. The van der Waals surface area contributed by atoms with Crippen LogP contribution in [0.4, 0.5) is 4.39 Å². The van der Waals surface area contributed by atoms with E-state index in [1.165, 1.54) is 0 Å². The zero-order chi connectivity index (χ0) is 12.8. The highest BCUT2D eigenvalue weighted by atomic mass is 79.9. The molecule has 17 heavy (non-hydrogen) atoms. The maximum Gasteiger partial charge on any atom is 0.344 e. The lowest BCUT2D eigenvalue weighted by molar-refractivity contribution is -0.145. The van der Waals surface area contributed by atoms with Gasteiger partial charge in [-0.25, -0.2) is 4.79 Å². The first-order valence-electron chi connectivity index (χ1n) is 4.96. The Hall–Kier alpha value is -1.36. The second kappa shape index (κ2) is 6.39. The van der Waals surface area contributed by atoms with Crippen LogP contribution in [0.3, 0.4) is 0 Å². The molecule has 0 saturated heterocycles. The number of halogens is 2. The molecule has 0 aromatic heterocycles. The molecule has 0 saturated carbocycles. The Labute approximate surface area is 107 Å². The van der Waals surface area contributed by atoms with Crippen molar-refractivity contribution in [1.29, 1.82) is 0 Å². The lowest BCUT2D eigenvalue weighted by Gasteiger charge is -2.15. The monoisotopic (exact) mass is 302 g/mol. The van der Waals surface area contributed by atoms with Crippen LogP contribution in [0.2, 0.25) is 0 Å². The van der Waals surface area contributed by atoms with E-state index in [1.807, 2.05) is 0 Å². The third kappa shape index (κ3) is 3.85. The Morgan fingerprint density at radius 2 is 2.35 bits per heavy atom. The van der Waals surface area contributed by atoms with Gasteiger partial charge in [-0.1, -0.05) is 28.6 Å². The molecular formula is C12H12BrFO3. The van der Waals surface area contributed by atoms with Crippen LogP contribution in [-0.2, 0) is 4.79 Å². The summed E-state index contributed by atoms with van der Waals surface area (Å²) in [5.74, 6) is -0.801. The molecule has 1 aromatic carbocycles. The van der Waals surface area contributed by atoms with Gasteiger partial charge in [0.05, 0.1) is 6.67 Å². The lowest BCUT2D eigenvalue weighted by Crippen LogP contribution is -2.27. The van der Waals surface area contributed by atoms with E-state index in [0.717, 1.165) is 4.47 Å². The van der Waals surface area contributed by atoms with E-state index in [9.17, 15) is 9.18 Å². The smallest absolute Gasteiger partial charge is 0.344 e. The van der Waals surface area contributed by atoms with Gasteiger partial charge in [-0.3, -0.25) is 4.39 Å². The maximum absolute atomic E-state index is 12.2. The molecule has 5 heteroatoms. The van der Waals surface area contributed by atoms with Crippen molar-refractivity contribution in [3.8, 4) is 5.75 Å². The number of benzene rings is 1. The molecule has 0 amide bonds. The fourth-order valence-corrected chi connectivity index (χ4v) is 1.65. The third-order valence-corrected chi connectivity index (χ3v) is 2.60. The summed E-state index contributed by atoms with van der Waals surface area (Å²) in [5, 5.41) is 8.86. The molecule has 1 aromatic rings. The van der Waals surface area contributed by atoms with Crippen LogP contribution in [0.5, 0.6) is 5.75 Å².